The molecular formula is C15H16NO4PS. The van der Waals surface area contributed by atoms with Crippen LogP contribution in [0.2, 0.25) is 0 Å². The molecular weight excluding hydrogens is 321 g/mol. The van der Waals surface area contributed by atoms with Crippen molar-refractivity contribution < 1.29 is 14.0 Å². The van der Waals surface area contributed by atoms with Gasteiger partial charge >= 0.3 is 0 Å². The van der Waals surface area contributed by atoms with E-state index in [0.717, 1.165) is 10.9 Å². The number of nitrogens with zero attached hydrogens (tertiary/aromatic N) is 1. The number of nitro benzene ring substituents is 1. The van der Waals surface area contributed by atoms with Gasteiger partial charge in [0.2, 0.25) is 6.49 Å². The van der Waals surface area contributed by atoms with Gasteiger partial charge in [-0.1, -0.05) is 18.2 Å². The van der Waals surface area contributed by atoms with E-state index in [9.17, 15) is 10.1 Å². The van der Waals surface area contributed by atoms with Crippen LogP contribution in [0.25, 0.3) is 0 Å². The van der Waals surface area contributed by atoms with Crippen LogP contribution in [0.5, 0.6) is 0 Å². The molecule has 0 saturated carbocycles. The minimum Gasteiger partial charge on any atom is -0.326 e. The maximum Gasteiger partial charge on any atom is 0.269 e. The summed E-state index contributed by atoms with van der Waals surface area (Å²) in [5.41, 5.74) is 0.867. The minimum absolute atomic E-state index is 0.0519. The van der Waals surface area contributed by atoms with Gasteiger partial charge in [0.15, 0.2) is 0 Å². The second-order valence-corrected chi connectivity index (χ2v) is 7.92. The third-order valence-electron chi connectivity index (χ3n) is 2.92. The number of rotatable bonds is 7. The smallest absolute Gasteiger partial charge is 0.269 e. The first-order valence-electron chi connectivity index (χ1n) is 6.73. The normalized spacial score (nSPS) is 13.5. The lowest BCUT2D eigenvalue weighted by atomic mass is 10.2. The van der Waals surface area contributed by atoms with E-state index in [1.165, 1.54) is 12.1 Å². The molecule has 2 aromatic rings. The Balaban J connectivity index is 2.12. The molecule has 0 aliphatic carbocycles. The lowest BCUT2D eigenvalue weighted by Crippen LogP contribution is -2.10. The van der Waals surface area contributed by atoms with E-state index >= 15 is 0 Å². The van der Waals surface area contributed by atoms with Crippen molar-refractivity contribution >= 4 is 29.3 Å². The summed E-state index contributed by atoms with van der Waals surface area (Å²) in [6.45, 7) is 0.0245. The molecule has 0 spiro atoms. The van der Waals surface area contributed by atoms with E-state index in [4.69, 9.17) is 20.9 Å². The Morgan fingerprint density at radius 1 is 1.09 bits per heavy atom. The fourth-order valence-electron chi connectivity index (χ4n) is 1.84. The molecule has 1 unspecified atom stereocenters. The molecule has 0 fully saturated rings. The van der Waals surface area contributed by atoms with Gasteiger partial charge in [-0.25, -0.2) is 0 Å². The van der Waals surface area contributed by atoms with Crippen LogP contribution in [-0.4, -0.2) is 11.5 Å². The highest BCUT2D eigenvalue weighted by Crippen LogP contribution is 2.48. The van der Waals surface area contributed by atoms with Crippen molar-refractivity contribution in [3.63, 3.8) is 0 Å². The minimum atomic E-state index is -2.57. The third-order valence-corrected chi connectivity index (χ3v) is 6.18. The van der Waals surface area contributed by atoms with Crippen LogP contribution < -0.4 is 5.30 Å². The molecule has 1 atom stereocenters. The van der Waals surface area contributed by atoms with E-state index in [-0.39, 0.29) is 12.3 Å². The summed E-state index contributed by atoms with van der Waals surface area (Å²) in [5.74, 6) is 0. The molecule has 0 aliphatic heterocycles. The molecule has 2 rings (SSSR count). The van der Waals surface area contributed by atoms with Crippen molar-refractivity contribution in [1.29, 1.82) is 0 Å². The summed E-state index contributed by atoms with van der Waals surface area (Å²) in [6.07, 6.45) is 0. The lowest BCUT2D eigenvalue weighted by molar-refractivity contribution is -0.384. The zero-order valence-corrected chi connectivity index (χ0v) is 13.8. The molecule has 0 amide bonds. The summed E-state index contributed by atoms with van der Waals surface area (Å²) in [5, 5.41) is 11.5. The average Bonchev–Trinajstić information content (AvgIpc) is 2.54. The summed E-state index contributed by atoms with van der Waals surface area (Å²) < 4.78 is 11.6. The highest BCUT2D eigenvalue weighted by Gasteiger charge is 2.21. The summed E-state index contributed by atoms with van der Waals surface area (Å²) >= 11 is 5.59. The van der Waals surface area contributed by atoms with Gasteiger partial charge < -0.3 is 9.05 Å². The number of hydrogen-bond acceptors (Lipinski definition) is 5. The van der Waals surface area contributed by atoms with E-state index < -0.39 is 11.4 Å². The largest absolute Gasteiger partial charge is 0.326 e. The predicted molar refractivity (Wildman–Crippen MR) is 89.9 cm³/mol. The zero-order chi connectivity index (χ0) is 16.0. The van der Waals surface area contributed by atoms with Crippen molar-refractivity contribution in [2.75, 3.05) is 6.61 Å². The highest BCUT2D eigenvalue weighted by atomic mass is 32.5. The lowest BCUT2D eigenvalue weighted by Gasteiger charge is -2.22. The first kappa shape index (κ1) is 16.8. The SMILES string of the molecule is CCOP(=S)(OCc1ccc([N+](=O)[O-])cc1)c1ccccc1. The molecule has 2 aromatic carbocycles. The van der Waals surface area contributed by atoms with Crippen molar-refractivity contribution in [2.24, 2.45) is 0 Å². The molecule has 116 valence electrons. The van der Waals surface area contributed by atoms with Crippen LogP contribution in [0.1, 0.15) is 12.5 Å². The molecule has 0 aliphatic rings. The van der Waals surface area contributed by atoms with Crippen LogP contribution in [0.4, 0.5) is 5.69 Å². The molecule has 0 saturated heterocycles. The number of non-ortho nitro benzene ring substituents is 1. The Kier molecular flexibility index (Phi) is 5.80. The van der Waals surface area contributed by atoms with Crippen LogP contribution in [-0.2, 0) is 27.5 Å². The summed E-state index contributed by atoms with van der Waals surface area (Å²) in [4.78, 5) is 10.2. The summed E-state index contributed by atoms with van der Waals surface area (Å²) in [7, 11) is 0. The topological polar surface area (TPSA) is 61.6 Å². The average molecular weight is 337 g/mol. The fraction of sp³-hybridized carbons (Fsp3) is 0.200. The van der Waals surface area contributed by atoms with Gasteiger partial charge in [0.1, 0.15) is 0 Å². The molecule has 7 heteroatoms. The molecule has 5 nitrogen and oxygen atoms in total. The molecule has 22 heavy (non-hydrogen) atoms. The van der Waals surface area contributed by atoms with Crippen LogP contribution in [0.3, 0.4) is 0 Å². The number of nitro groups is 1. The zero-order valence-electron chi connectivity index (χ0n) is 12.0. The highest BCUT2D eigenvalue weighted by molar-refractivity contribution is 8.13. The maximum absolute atomic E-state index is 10.6. The standard InChI is InChI=1S/C15H16NO4PS/c1-2-19-21(22,15-6-4-3-5-7-15)20-12-13-8-10-14(11-9-13)16(17)18/h3-11H,2,12H2,1H3. The van der Waals surface area contributed by atoms with E-state index in [1.54, 1.807) is 12.1 Å². The Bertz CT molecular complexity index is 676. The number of benzene rings is 2. The van der Waals surface area contributed by atoms with Crippen molar-refractivity contribution in [2.45, 2.75) is 13.5 Å². The van der Waals surface area contributed by atoms with Gasteiger partial charge in [-0.2, -0.15) is 0 Å². The van der Waals surface area contributed by atoms with Crippen LogP contribution in [0.15, 0.2) is 54.6 Å². The number of hydrogen-bond donors (Lipinski definition) is 0. The Hall–Kier alpha value is -1.59. The second kappa shape index (κ2) is 7.61. The van der Waals surface area contributed by atoms with Gasteiger partial charge in [-0.15, -0.1) is 0 Å². The van der Waals surface area contributed by atoms with Gasteiger partial charge in [-0.05, 0) is 48.6 Å². The Labute approximate surface area is 134 Å². The van der Waals surface area contributed by atoms with E-state index in [2.05, 4.69) is 0 Å². The third kappa shape index (κ3) is 4.21. The molecule has 0 radical (unpaired) electrons. The summed E-state index contributed by atoms with van der Waals surface area (Å²) in [6, 6.07) is 15.7. The quantitative estimate of drug-likeness (QED) is 0.437. The monoisotopic (exact) mass is 337 g/mol. The van der Waals surface area contributed by atoms with Gasteiger partial charge in [-0.3, -0.25) is 10.1 Å². The predicted octanol–water partition coefficient (Wildman–Crippen LogP) is 3.78. The first-order valence-corrected chi connectivity index (χ1v) is 9.37. The van der Waals surface area contributed by atoms with Crippen LogP contribution in [0, 0.1) is 10.1 Å². The van der Waals surface area contributed by atoms with Crippen molar-refractivity contribution in [1.82, 2.24) is 0 Å². The van der Waals surface area contributed by atoms with Gasteiger partial charge in [0.05, 0.1) is 18.1 Å². The second-order valence-electron chi connectivity index (χ2n) is 4.45. The maximum atomic E-state index is 10.6. The Morgan fingerprint density at radius 3 is 2.27 bits per heavy atom. The van der Waals surface area contributed by atoms with Crippen molar-refractivity contribution in [3.8, 4) is 0 Å². The molecule has 0 aromatic heterocycles. The molecule has 0 heterocycles. The van der Waals surface area contributed by atoms with E-state index in [1.807, 2.05) is 37.3 Å². The molecule has 0 bridgehead atoms. The fourth-order valence-corrected chi connectivity index (χ4v) is 4.25. The van der Waals surface area contributed by atoms with E-state index in [0.29, 0.717) is 6.61 Å². The van der Waals surface area contributed by atoms with Gasteiger partial charge in [0.25, 0.3) is 5.69 Å². The van der Waals surface area contributed by atoms with Crippen LogP contribution >= 0.6 is 6.49 Å². The van der Waals surface area contributed by atoms with Crippen molar-refractivity contribution in [3.05, 3.63) is 70.3 Å². The Morgan fingerprint density at radius 2 is 1.73 bits per heavy atom. The molecule has 0 N–H and O–H groups in total. The van der Waals surface area contributed by atoms with Gasteiger partial charge in [0, 0.05) is 17.4 Å². The first-order chi connectivity index (χ1) is 10.5.